The Labute approximate surface area is 185 Å². The molecule has 0 saturated carbocycles. The highest BCUT2D eigenvalue weighted by molar-refractivity contribution is 5.95. The van der Waals surface area contributed by atoms with E-state index in [4.69, 9.17) is 0 Å². The third-order valence-corrected chi connectivity index (χ3v) is 6.02. The number of aryl methyl sites for hydroxylation is 3. The number of hydrogen-bond acceptors (Lipinski definition) is 3. The van der Waals surface area contributed by atoms with Gasteiger partial charge < -0.3 is 16.0 Å². The molecule has 166 valence electrons. The molecule has 0 aliphatic carbocycles. The molecule has 3 amide bonds. The van der Waals surface area contributed by atoms with E-state index in [1.807, 2.05) is 32.9 Å². The second-order valence-corrected chi connectivity index (χ2v) is 9.11. The van der Waals surface area contributed by atoms with Gasteiger partial charge in [-0.1, -0.05) is 42.0 Å². The monoisotopic (exact) mass is 422 g/mol. The summed E-state index contributed by atoms with van der Waals surface area (Å²) in [6.07, 6.45) is 1.02. The van der Waals surface area contributed by atoms with Crippen LogP contribution in [0.2, 0.25) is 0 Å². The van der Waals surface area contributed by atoms with Gasteiger partial charge in [0.25, 0.3) is 0 Å². The number of urea groups is 1. The summed E-state index contributed by atoms with van der Waals surface area (Å²) in [6, 6.07) is 12.3. The molecule has 3 rings (SSSR count). The molecule has 0 unspecified atom stereocenters. The van der Waals surface area contributed by atoms with Gasteiger partial charge in [-0.15, -0.1) is 0 Å². The molecule has 3 N–H and O–H groups in total. The zero-order chi connectivity index (χ0) is 22.6. The standard InChI is InChI=1S/C25H34N4O2/c1-17-12-18(2)23(19(3)13-17)28-22(30)14-26-24(31)27-16-25(4,5)29-11-10-20-8-6-7-9-21(20)15-29/h6-9,12-13H,10-11,14-16H2,1-5H3,(H,28,30)(H2,26,27,31). The average Bonchev–Trinajstić information content (AvgIpc) is 2.73. The van der Waals surface area contributed by atoms with E-state index < -0.39 is 0 Å². The number of fused-ring (bicyclic) bond motifs is 1. The topological polar surface area (TPSA) is 73.5 Å². The Hall–Kier alpha value is -2.86. The van der Waals surface area contributed by atoms with E-state index in [0.29, 0.717) is 6.54 Å². The number of hydrogen-bond donors (Lipinski definition) is 3. The molecule has 0 aromatic heterocycles. The molecule has 0 spiro atoms. The van der Waals surface area contributed by atoms with Gasteiger partial charge in [-0.05, 0) is 63.3 Å². The van der Waals surface area contributed by atoms with Crippen molar-refractivity contribution < 1.29 is 9.59 Å². The zero-order valence-corrected chi connectivity index (χ0v) is 19.3. The molecular formula is C25H34N4O2. The number of benzene rings is 2. The van der Waals surface area contributed by atoms with Crippen molar-refractivity contribution in [3.63, 3.8) is 0 Å². The molecule has 1 heterocycles. The Morgan fingerprint density at radius 3 is 2.32 bits per heavy atom. The van der Waals surface area contributed by atoms with Gasteiger partial charge in [0.15, 0.2) is 0 Å². The van der Waals surface area contributed by atoms with Crippen molar-refractivity contribution in [2.45, 2.75) is 53.1 Å². The summed E-state index contributed by atoms with van der Waals surface area (Å²) in [7, 11) is 0. The average molecular weight is 423 g/mol. The summed E-state index contributed by atoms with van der Waals surface area (Å²) in [5, 5.41) is 8.49. The second kappa shape index (κ2) is 9.52. The van der Waals surface area contributed by atoms with Crippen LogP contribution in [0.25, 0.3) is 0 Å². The fraction of sp³-hybridized carbons (Fsp3) is 0.440. The van der Waals surface area contributed by atoms with Crippen LogP contribution < -0.4 is 16.0 Å². The number of nitrogens with one attached hydrogen (secondary N) is 3. The van der Waals surface area contributed by atoms with E-state index in [1.54, 1.807) is 0 Å². The zero-order valence-electron chi connectivity index (χ0n) is 19.3. The predicted molar refractivity (Wildman–Crippen MR) is 125 cm³/mol. The third kappa shape index (κ3) is 5.85. The molecule has 0 saturated heterocycles. The molecule has 0 bridgehead atoms. The number of rotatable bonds is 6. The van der Waals surface area contributed by atoms with Crippen LogP contribution in [-0.2, 0) is 17.8 Å². The van der Waals surface area contributed by atoms with Gasteiger partial charge in [0.1, 0.15) is 0 Å². The Bertz CT molecular complexity index is 945. The minimum absolute atomic E-state index is 0.0733. The summed E-state index contributed by atoms with van der Waals surface area (Å²) >= 11 is 0. The summed E-state index contributed by atoms with van der Waals surface area (Å²) in [5.41, 5.74) is 6.56. The minimum Gasteiger partial charge on any atom is -0.336 e. The van der Waals surface area contributed by atoms with Gasteiger partial charge in [-0.2, -0.15) is 0 Å². The van der Waals surface area contributed by atoms with Gasteiger partial charge in [-0.3, -0.25) is 9.69 Å². The van der Waals surface area contributed by atoms with Crippen molar-refractivity contribution in [3.8, 4) is 0 Å². The van der Waals surface area contributed by atoms with Crippen molar-refractivity contribution >= 4 is 17.6 Å². The lowest BCUT2D eigenvalue weighted by Crippen LogP contribution is -2.54. The molecule has 0 fully saturated rings. The summed E-state index contributed by atoms with van der Waals surface area (Å²) in [5.74, 6) is -0.239. The van der Waals surface area contributed by atoms with Crippen LogP contribution >= 0.6 is 0 Å². The second-order valence-electron chi connectivity index (χ2n) is 9.11. The van der Waals surface area contributed by atoms with Crippen LogP contribution in [0.15, 0.2) is 36.4 Å². The van der Waals surface area contributed by atoms with E-state index in [9.17, 15) is 9.59 Å². The highest BCUT2D eigenvalue weighted by Crippen LogP contribution is 2.25. The van der Waals surface area contributed by atoms with Gasteiger partial charge in [-0.25, -0.2) is 4.79 Å². The van der Waals surface area contributed by atoms with E-state index in [1.165, 1.54) is 11.1 Å². The van der Waals surface area contributed by atoms with Crippen molar-refractivity contribution in [3.05, 3.63) is 64.2 Å². The molecule has 2 aromatic rings. The maximum absolute atomic E-state index is 12.3. The van der Waals surface area contributed by atoms with Crippen molar-refractivity contribution in [2.24, 2.45) is 0 Å². The molecule has 1 aliphatic heterocycles. The van der Waals surface area contributed by atoms with Crippen molar-refractivity contribution in [2.75, 3.05) is 25.0 Å². The van der Waals surface area contributed by atoms with Crippen LogP contribution in [-0.4, -0.2) is 42.0 Å². The van der Waals surface area contributed by atoms with Crippen LogP contribution in [0.4, 0.5) is 10.5 Å². The summed E-state index contributed by atoms with van der Waals surface area (Å²) in [4.78, 5) is 27.0. The molecule has 6 heteroatoms. The van der Waals surface area contributed by atoms with Crippen LogP contribution in [0.5, 0.6) is 0 Å². The lowest BCUT2D eigenvalue weighted by atomic mass is 9.94. The van der Waals surface area contributed by atoms with Gasteiger partial charge in [0.2, 0.25) is 5.91 Å². The third-order valence-electron chi connectivity index (χ3n) is 6.02. The summed E-state index contributed by atoms with van der Waals surface area (Å²) < 4.78 is 0. The number of nitrogens with zero attached hydrogens (tertiary/aromatic N) is 1. The van der Waals surface area contributed by atoms with E-state index in [-0.39, 0.29) is 24.0 Å². The largest absolute Gasteiger partial charge is 0.336 e. The Morgan fingerprint density at radius 1 is 1.00 bits per heavy atom. The fourth-order valence-corrected chi connectivity index (χ4v) is 4.20. The predicted octanol–water partition coefficient (Wildman–Crippen LogP) is 3.69. The fourth-order valence-electron chi connectivity index (χ4n) is 4.20. The Kier molecular flexibility index (Phi) is 7.01. The van der Waals surface area contributed by atoms with Gasteiger partial charge in [0, 0.05) is 30.9 Å². The maximum Gasteiger partial charge on any atom is 0.315 e. The first-order valence-electron chi connectivity index (χ1n) is 10.9. The minimum atomic E-state index is -0.335. The van der Waals surface area contributed by atoms with Crippen LogP contribution in [0.1, 0.15) is 41.7 Å². The number of amides is 3. The Morgan fingerprint density at radius 2 is 1.65 bits per heavy atom. The normalized spacial score (nSPS) is 14.0. The molecule has 1 aliphatic rings. The SMILES string of the molecule is Cc1cc(C)c(NC(=O)CNC(=O)NCC(C)(C)N2CCc3ccccc3C2)c(C)c1. The number of anilines is 1. The molecule has 0 radical (unpaired) electrons. The van der Waals surface area contributed by atoms with Gasteiger partial charge >= 0.3 is 6.03 Å². The quantitative estimate of drug-likeness (QED) is 0.665. The van der Waals surface area contributed by atoms with Crippen molar-refractivity contribution in [1.82, 2.24) is 15.5 Å². The molecule has 6 nitrogen and oxygen atoms in total. The van der Waals surface area contributed by atoms with Crippen LogP contribution in [0.3, 0.4) is 0 Å². The van der Waals surface area contributed by atoms with Gasteiger partial charge in [0.05, 0.1) is 6.54 Å². The molecule has 31 heavy (non-hydrogen) atoms. The molecule has 2 aromatic carbocycles. The summed E-state index contributed by atoms with van der Waals surface area (Å²) in [6.45, 7) is 12.5. The van der Waals surface area contributed by atoms with E-state index in [0.717, 1.165) is 41.9 Å². The van der Waals surface area contributed by atoms with E-state index >= 15 is 0 Å². The highest BCUT2D eigenvalue weighted by atomic mass is 16.2. The first kappa shape index (κ1) is 22.8. The molecular weight excluding hydrogens is 388 g/mol. The maximum atomic E-state index is 12.3. The first-order chi connectivity index (χ1) is 14.7. The smallest absolute Gasteiger partial charge is 0.315 e. The molecule has 0 atom stereocenters. The number of carbonyl (C=O) groups excluding carboxylic acids is 2. The van der Waals surface area contributed by atoms with E-state index in [2.05, 4.69) is 59.0 Å². The number of carbonyl (C=O) groups is 2. The Balaban J connectivity index is 1.46. The lowest BCUT2D eigenvalue weighted by molar-refractivity contribution is -0.115. The van der Waals surface area contributed by atoms with Crippen LogP contribution in [0, 0.1) is 20.8 Å². The van der Waals surface area contributed by atoms with Crippen molar-refractivity contribution in [1.29, 1.82) is 0 Å². The lowest BCUT2D eigenvalue weighted by Gasteiger charge is -2.41. The highest BCUT2D eigenvalue weighted by Gasteiger charge is 2.30. The first-order valence-corrected chi connectivity index (χ1v) is 10.9.